The van der Waals surface area contributed by atoms with Crippen LogP contribution in [0.3, 0.4) is 0 Å². The van der Waals surface area contributed by atoms with E-state index in [2.05, 4.69) is 39.0 Å². The molecule has 0 aromatic heterocycles. The first-order chi connectivity index (χ1) is 8.58. The molecule has 0 spiro atoms. The van der Waals surface area contributed by atoms with E-state index in [1.54, 1.807) is 6.92 Å². The fourth-order valence-electron chi connectivity index (χ4n) is 3.16. The van der Waals surface area contributed by atoms with Gasteiger partial charge < -0.3 is 4.90 Å². The van der Waals surface area contributed by atoms with Crippen LogP contribution in [0.15, 0.2) is 18.2 Å². The first kappa shape index (κ1) is 13.1. The number of carbonyl (C=O) groups excluding carboxylic acids is 1. The van der Waals surface area contributed by atoms with Gasteiger partial charge in [-0.1, -0.05) is 32.9 Å². The molecule has 0 aliphatic carbocycles. The summed E-state index contributed by atoms with van der Waals surface area (Å²) in [4.78, 5) is 14.0. The molecule has 18 heavy (non-hydrogen) atoms. The Balaban J connectivity index is 2.48. The highest BCUT2D eigenvalue weighted by Gasteiger charge is 2.32. The van der Waals surface area contributed by atoms with Crippen molar-refractivity contribution in [2.45, 2.75) is 53.0 Å². The lowest BCUT2D eigenvalue weighted by Gasteiger charge is -2.40. The van der Waals surface area contributed by atoms with Crippen molar-refractivity contribution in [2.24, 2.45) is 5.92 Å². The minimum absolute atomic E-state index is 0.166. The van der Waals surface area contributed by atoms with E-state index in [9.17, 15) is 4.79 Å². The lowest BCUT2D eigenvalue weighted by atomic mass is 9.84. The SMILES string of the molecule is CCc1ccc2c(c1)C[C@@H](C)[C@H](CC)N2C(C)=O. The highest BCUT2D eigenvalue weighted by atomic mass is 16.2. The van der Waals surface area contributed by atoms with Crippen molar-refractivity contribution >= 4 is 11.6 Å². The maximum absolute atomic E-state index is 12.0. The number of anilines is 1. The number of rotatable bonds is 2. The van der Waals surface area contributed by atoms with E-state index >= 15 is 0 Å². The van der Waals surface area contributed by atoms with E-state index in [0.717, 1.165) is 24.9 Å². The average Bonchev–Trinajstić information content (AvgIpc) is 2.35. The summed E-state index contributed by atoms with van der Waals surface area (Å²) < 4.78 is 0. The van der Waals surface area contributed by atoms with Gasteiger partial charge in [0.15, 0.2) is 0 Å². The van der Waals surface area contributed by atoms with Crippen molar-refractivity contribution in [2.75, 3.05) is 4.90 Å². The second-order valence-electron chi connectivity index (χ2n) is 5.36. The Morgan fingerprint density at radius 3 is 2.67 bits per heavy atom. The third-order valence-electron chi connectivity index (χ3n) is 4.10. The maximum Gasteiger partial charge on any atom is 0.224 e. The summed E-state index contributed by atoms with van der Waals surface area (Å²) in [5.74, 6) is 0.706. The third kappa shape index (κ3) is 2.16. The zero-order valence-electron chi connectivity index (χ0n) is 11.9. The standard InChI is InChI=1S/C16H23NO/c1-5-13-7-8-16-14(10-13)9-11(3)15(6-2)17(16)12(4)18/h7-8,10-11,15H,5-6,9H2,1-4H3/t11-,15+/m1/s1. The summed E-state index contributed by atoms with van der Waals surface area (Å²) in [5, 5.41) is 0. The molecular formula is C16H23NO. The Morgan fingerprint density at radius 1 is 1.39 bits per heavy atom. The van der Waals surface area contributed by atoms with Crippen LogP contribution in [0.5, 0.6) is 0 Å². The number of benzene rings is 1. The van der Waals surface area contributed by atoms with Crippen LogP contribution < -0.4 is 4.90 Å². The minimum atomic E-state index is 0.166. The van der Waals surface area contributed by atoms with Gasteiger partial charge in [-0.25, -0.2) is 0 Å². The van der Waals surface area contributed by atoms with Crippen LogP contribution in [0.4, 0.5) is 5.69 Å². The fourth-order valence-corrected chi connectivity index (χ4v) is 3.16. The van der Waals surface area contributed by atoms with E-state index in [0.29, 0.717) is 12.0 Å². The first-order valence-electron chi connectivity index (χ1n) is 7.00. The zero-order valence-corrected chi connectivity index (χ0v) is 11.9. The van der Waals surface area contributed by atoms with Crippen molar-refractivity contribution in [3.8, 4) is 0 Å². The molecule has 0 N–H and O–H groups in total. The quantitative estimate of drug-likeness (QED) is 0.780. The van der Waals surface area contributed by atoms with Gasteiger partial charge in [-0.3, -0.25) is 4.79 Å². The second kappa shape index (κ2) is 5.13. The molecule has 1 amide bonds. The molecule has 1 aliphatic rings. The number of carbonyl (C=O) groups is 1. The number of aryl methyl sites for hydroxylation is 1. The molecule has 0 bridgehead atoms. The largest absolute Gasteiger partial charge is 0.309 e. The minimum Gasteiger partial charge on any atom is -0.309 e. The number of nitrogens with zero attached hydrogens (tertiary/aromatic N) is 1. The Hall–Kier alpha value is -1.31. The smallest absolute Gasteiger partial charge is 0.224 e. The number of amides is 1. The fraction of sp³-hybridized carbons (Fsp3) is 0.562. The Kier molecular flexibility index (Phi) is 3.74. The van der Waals surface area contributed by atoms with Crippen LogP contribution in [0, 0.1) is 5.92 Å². The average molecular weight is 245 g/mol. The van der Waals surface area contributed by atoms with Gasteiger partial charge in [0.25, 0.3) is 0 Å². The molecule has 0 fully saturated rings. The van der Waals surface area contributed by atoms with E-state index in [4.69, 9.17) is 0 Å². The van der Waals surface area contributed by atoms with Gasteiger partial charge in [-0.05, 0) is 42.4 Å². The molecule has 2 heteroatoms. The Bertz CT molecular complexity index is 452. The molecule has 2 nitrogen and oxygen atoms in total. The summed E-state index contributed by atoms with van der Waals surface area (Å²) in [5.41, 5.74) is 3.82. The topological polar surface area (TPSA) is 20.3 Å². The summed E-state index contributed by atoms with van der Waals surface area (Å²) >= 11 is 0. The molecule has 1 aliphatic heterocycles. The molecular weight excluding hydrogens is 222 g/mol. The van der Waals surface area contributed by atoms with Crippen LogP contribution in [-0.2, 0) is 17.6 Å². The van der Waals surface area contributed by atoms with Crippen molar-refractivity contribution in [3.05, 3.63) is 29.3 Å². The Morgan fingerprint density at radius 2 is 2.11 bits per heavy atom. The molecule has 2 atom stereocenters. The lowest BCUT2D eigenvalue weighted by Crippen LogP contribution is -2.46. The third-order valence-corrected chi connectivity index (χ3v) is 4.10. The number of fused-ring (bicyclic) bond motifs is 1. The van der Waals surface area contributed by atoms with Gasteiger partial charge in [-0.2, -0.15) is 0 Å². The highest BCUT2D eigenvalue weighted by Crippen LogP contribution is 2.35. The number of hydrogen-bond donors (Lipinski definition) is 0. The summed E-state index contributed by atoms with van der Waals surface area (Å²) in [6, 6.07) is 6.90. The normalized spacial score (nSPS) is 22.8. The predicted molar refractivity (Wildman–Crippen MR) is 75.9 cm³/mol. The molecule has 1 aromatic carbocycles. The van der Waals surface area contributed by atoms with Gasteiger partial charge >= 0.3 is 0 Å². The van der Waals surface area contributed by atoms with E-state index in [1.807, 2.05) is 4.90 Å². The van der Waals surface area contributed by atoms with E-state index < -0.39 is 0 Å². The van der Waals surface area contributed by atoms with Crippen LogP contribution in [0.1, 0.15) is 45.2 Å². The zero-order chi connectivity index (χ0) is 13.3. The first-order valence-corrected chi connectivity index (χ1v) is 7.00. The molecule has 98 valence electrons. The van der Waals surface area contributed by atoms with Gasteiger partial charge in [0.2, 0.25) is 5.91 Å². The second-order valence-corrected chi connectivity index (χ2v) is 5.36. The molecule has 1 aromatic rings. The molecule has 0 saturated heterocycles. The van der Waals surface area contributed by atoms with Gasteiger partial charge in [0.05, 0.1) is 0 Å². The summed E-state index contributed by atoms with van der Waals surface area (Å²) in [6.45, 7) is 8.28. The van der Waals surface area contributed by atoms with E-state index in [-0.39, 0.29) is 5.91 Å². The van der Waals surface area contributed by atoms with Crippen molar-refractivity contribution in [3.63, 3.8) is 0 Å². The molecule has 0 unspecified atom stereocenters. The number of hydrogen-bond acceptors (Lipinski definition) is 1. The molecule has 2 rings (SSSR count). The molecule has 0 saturated carbocycles. The van der Waals surface area contributed by atoms with Gasteiger partial charge in [0.1, 0.15) is 0 Å². The lowest BCUT2D eigenvalue weighted by molar-refractivity contribution is -0.117. The van der Waals surface area contributed by atoms with Crippen LogP contribution in [-0.4, -0.2) is 11.9 Å². The monoisotopic (exact) mass is 245 g/mol. The Labute approximate surface area is 110 Å². The maximum atomic E-state index is 12.0. The van der Waals surface area contributed by atoms with E-state index in [1.165, 1.54) is 11.1 Å². The van der Waals surface area contributed by atoms with Crippen LogP contribution in [0.2, 0.25) is 0 Å². The molecule has 1 heterocycles. The highest BCUT2D eigenvalue weighted by molar-refractivity contribution is 5.93. The van der Waals surface area contributed by atoms with Crippen molar-refractivity contribution < 1.29 is 4.79 Å². The van der Waals surface area contributed by atoms with Gasteiger partial charge in [0, 0.05) is 18.7 Å². The summed E-state index contributed by atoms with van der Waals surface area (Å²) in [7, 11) is 0. The van der Waals surface area contributed by atoms with Crippen LogP contribution in [0.25, 0.3) is 0 Å². The summed E-state index contributed by atoms with van der Waals surface area (Å²) in [6.07, 6.45) is 3.17. The molecule has 0 radical (unpaired) electrons. The van der Waals surface area contributed by atoms with Crippen molar-refractivity contribution in [1.82, 2.24) is 0 Å². The van der Waals surface area contributed by atoms with Crippen LogP contribution >= 0.6 is 0 Å². The van der Waals surface area contributed by atoms with Crippen molar-refractivity contribution in [1.29, 1.82) is 0 Å². The van der Waals surface area contributed by atoms with Gasteiger partial charge in [-0.15, -0.1) is 0 Å². The predicted octanol–water partition coefficient (Wildman–Crippen LogP) is 3.57.